The van der Waals surface area contributed by atoms with Gasteiger partial charge in [-0.05, 0) is 19.1 Å². The molecule has 15 heavy (non-hydrogen) atoms. The Hall–Kier alpha value is -1.78. The van der Waals surface area contributed by atoms with Crippen LogP contribution in [0.25, 0.3) is 0 Å². The molecule has 0 radical (unpaired) electrons. The largest absolute Gasteiger partial charge is 0.383 e. The Kier molecular flexibility index (Phi) is 3.49. The highest BCUT2D eigenvalue weighted by Crippen LogP contribution is 2.28. The van der Waals surface area contributed by atoms with E-state index in [1.165, 1.54) is 0 Å². The van der Waals surface area contributed by atoms with Gasteiger partial charge in [-0.1, -0.05) is 0 Å². The van der Waals surface area contributed by atoms with E-state index in [0.29, 0.717) is 5.69 Å². The molecule has 0 aliphatic heterocycles. The molecular formula is C10H15N3O2. The highest BCUT2D eigenvalue weighted by molar-refractivity contribution is 5.68. The summed E-state index contributed by atoms with van der Waals surface area (Å²) < 4.78 is 0. The quantitative estimate of drug-likeness (QED) is 0.609. The third-order valence-corrected chi connectivity index (χ3v) is 2.36. The van der Waals surface area contributed by atoms with Crippen LogP contribution in [0, 0.1) is 10.1 Å². The normalized spacial score (nSPS) is 9.80. The van der Waals surface area contributed by atoms with E-state index in [1.807, 2.05) is 24.9 Å². The first-order valence-corrected chi connectivity index (χ1v) is 4.77. The minimum atomic E-state index is -0.376. The van der Waals surface area contributed by atoms with E-state index >= 15 is 0 Å². The highest BCUT2D eigenvalue weighted by Gasteiger charge is 2.14. The molecule has 0 amide bonds. The van der Waals surface area contributed by atoms with Crippen LogP contribution in [0.3, 0.4) is 0 Å². The lowest BCUT2D eigenvalue weighted by Crippen LogP contribution is -2.15. The average molecular weight is 209 g/mol. The van der Waals surface area contributed by atoms with Crippen molar-refractivity contribution in [1.29, 1.82) is 0 Å². The molecule has 0 heterocycles. The van der Waals surface area contributed by atoms with Crippen LogP contribution in [0.15, 0.2) is 18.2 Å². The lowest BCUT2D eigenvalue weighted by molar-refractivity contribution is -0.383. The first kappa shape index (κ1) is 11.3. The maximum atomic E-state index is 10.8. The maximum absolute atomic E-state index is 10.8. The summed E-state index contributed by atoms with van der Waals surface area (Å²) in [5.74, 6) is 0. The Labute approximate surface area is 88.9 Å². The Morgan fingerprint density at radius 2 is 2.20 bits per heavy atom. The molecule has 1 aromatic rings. The first-order valence-electron chi connectivity index (χ1n) is 4.77. The third-order valence-electron chi connectivity index (χ3n) is 2.36. The van der Waals surface area contributed by atoms with Gasteiger partial charge in [-0.3, -0.25) is 10.1 Å². The fourth-order valence-corrected chi connectivity index (χ4v) is 1.30. The van der Waals surface area contributed by atoms with Crippen LogP contribution in [0.2, 0.25) is 0 Å². The number of benzene rings is 1. The van der Waals surface area contributed by atoms with Crippen molar-refractivity contribution in [3.8, 4) is 0 Å². The van der Waals surface area contributed by atoms with Gasteiger partial charge in [0, 0.05) is 32.4 Å². The van der Waals surface area contributed by atoms with Crippen molar-refractivity contribution in [3.63, 3.8) is 0 Å². The van der Waals surface area contributed by atoms with Crippen LogP contribution in [-0.4, -0.2) is 25.6 Å². The Morgan fingerprint density at radius 1 is 1.53 bits per heavy atom. The van der Waals surface area contributed by atoms with Crippen molar-refractivity contribution in [2.75, 3.05) is 30.9 Å². The molecule has 1 N–H and O–H groups in total. The molecule has 0 fully saturated rings. The molecule has 1 rings (SSSR count). The lowest BCUT2D eigenvalue weighted by Gasteiger charge is -2.16. The van der Waals surface area contributed by atoms with Crippen LogP contribution < -0.4 is 10.2 Å². The van der Waals surface area contributed by atoms with E-state index in [1.54, 1.807) is 19.2 Å². The predicted octanol–water partition coefficient (Wildman–Crippen LogP) is 2.09. The van der Waals surface area contributed by atoms with Gasteiger partial charge in [0.2, 0.25) is 0 Å². The number of nitro benzene ring substituents is 1. The van der Waals surface area contributed by atoms with Gasteiger partial charge in [0.15, 0.2) is 0 Å². The van der Waals surface area contributed by atoms with Crippen molar-refractivity contribution >= 4 is 17.1 Å². The number of hydrogen-bond donors (Lipinski definition) is 1. The van der Waals surface area contributed by atoms with Crippen molar-refractivity contribution in [2.24, 2.45) is 0 Å². The summed E-state index contributed by atoms with van der Waals surface area (Å²) in [6.45, 7) is 2.81. The second kappa shape index (κ2) is 4.63. The van der Waals surface area contributed by atoms with Gasteiger partial charge in [0.05, 0.1) is 4.92 Å². The molecule has 0 saturated carbocycles. The van der Waals surface area contributed by atoms with Crippen LogP contribution in [0.5, 0.6) is 0 Å². The lowest BCUT2D eigenvalue weighted by atomic mass is 10.2. The van der Waals surface area contributed by atoms with Gasteiger partial charge in [-0.25, -0.2) is 0 Å². The molecule has 5 nitrogen and oxygen atoms in total. The standard InChI is InChI=1S/C10H15N3O2/c1-4-12(3)8-5-6-9(11-2)10(7-8)13(14)15/h5-7,11H,4H2,1-3H3. The van der Waals surface area contributed by atoms with Gasteiger partial charge in [-0.15, -0.1) is 0 Å². The van der Waals surface area contributed by atoms with Gasteiger partial charge < -0.3 is 10.2 Å². The van der Waals surface area contributed by atoms with E-state index < -0.39 is 0 Å². The summed E-state index contributed by atoms with van der Waals surface area (Å²) in [4.78, 5) is 12.4. The molecule has 82 valence electrons. The Balaban J connectivity index is 3.16. The molecule has 1 aromatic carbocycles. The topological polar surface area (TPSA) is 58.4 Å². The highest BCUT2D eigenvalue weighted by atomic mass is 16.6. The predicted molar refractivity (Wildman–Crippen MR) is 61.6 cm³/mol. The minimum absolute atomic E-state index is 0.107. The van der Waals surface area contributed by atoms with Crippen LogP contribution >= 0.6 is 0 Å². The van der Waals surface area contributed by atoms with E-state index in [9.17, 15) is 10.1 Å². The number of anilines is 2. The van der Waals surface area contributed by atoms with Crippen LogP contribution in [-0.2, 0) is 0 Å². The average Bonchev–Trinajstić information content (AvgIpc) is 2.27. The molecule has 0 bridgehead atoms. The molecule has 0 atom stereocenters. The van der Waals surface area contributed by atoms with Gasteiger partial charge in [-0.2, -0.15) is 0 Å². The zero-order valence-corrected chi connectivity index (χ0v) is 9.15. The Morgan fingerprint density at radius 3 is 2.67 bits per heavy atom. The SMILES string of the molecule is CCN(C)c1ccc(NC)c([N+](=O)[O-])c1. The smallest absolute Gasteiger partial charge is 0.294 e. The van der Waals surface area contributed by atoms with Crippen molar-refractivity contribution < 1.29 is 4.92 Å². The Bertz CT molecular complexity index is 366. The minimum Gasteiger partial charge on any atom is -0.383 e. The van der Waals surface area contributed by atoms with Gasteiger partial charge in [0.25, 0.3) is 5.69 Å². The second-order valence-corrected chi connectivity index (χ2v) is 3.22. The fraction of sp³-hybridized carbons (Fsp3) is 0.400. The summed E-state index contributed by atoms with van der Waals surface area (Å²) in [6.07, 6.45) is 0. The zero-order valence-electron chi connectivity index (χ0n) is 9.15. The second-order valence-electron chi connectivity index (χ2n) is 3.22. The van der Waals surface area contributed by atoms with E-state index in [2.05, 4.69) is 5.32 Å². The summed E-state index contributed by atoms with van der Waals surface area (Å²) in [6, 6.07) is 5.16. The summed E-state index contributed by atoms with van der Waals surface area (Å²) >= 11 is 0. The summed E-state index contributed by atoms with van der Waals surface area (Å²) in [7, 11) is 3.57. The third kappa shape index (κ3) is 2.37. The molecule has 0 saturated heterocycles. The number of nitrogens with one attached hydrogen (secondary N) is 1. The molecule has 0 aliphatic rings. The number of hydrogen-bond acceptors (Lipinski definition) is 4. The maximum Gasteiger partial charge on any atom is 0.294 e. The van der Waals surface area contributed by atoms with E-state index in [-0.39, 0.29) is 10.6 Å². The van der Waals surface area contributed by atoms with Crippen molar-refractivity contribution in [2.45, 2.75) is 6.92 Å². The van der Waals surface area contributed by atoms with E-state index in [0.717, 1.165) is 12.2 Å². The van der Waals surface area contributed by atoms with Crippen molar-refractivity contribution in [1.82, 2.24) is 0 Å². The number of nitro groups is 1. The zero-order chi connectivity index (χ0) is 11.4. The van der Waals surface area contributed by atoms with Crippen LogP contribution in [0.1, 0.15) is 6.92 Å². The molecule has 0 spiro atoms. The summed E-state index contributed by atoms with van der Waals surface area (Å²) in [5.41, 5.74) is 1.49. The monoisotopic (exact) mass is 209 g/mol. The molecule has 0 aliphatic carbocycles. The number of rotatable bonds is 4. The van der Waals surface area contributed by atoms with Crippen molar-refractivity contribution in [3.05, 3.63) is 28.3 Å². The molecule has 0 unspecified atom stereocenters. The van der Waals surface area contributed by atoms with Crippen LogP contribution in [0.4, 0.5) is 17.1 Å². The fourth-order valence-electron chi connectivity index (χ4n) is 1.30. The molecular weight excluding hydrogens is 194 g/mol. The number of nitrogens with zero attached hydrogens (tertiary/aromatic N) is 2. The summed E-state index contributed by atoms with van der Waals surface area (Å²) in [5, 5.41) is 13.6. The first-order chi connectivity index (χ1) is 7.10. The van der Waals surface area contributed by atoms with Gasteiger partial charge >= 0.3 is 0 Å². The van der Waals surface area contributed by atoms with E-state index in [4.69, 9.17) is 0 Å². The molecule has 0 aromatic heterocycles. The molecule has 5 heteroatoms. The van der Waals surface area contributed by atoms with Gasteiger partial charge in [0.1, 0.15) is 5.69 Å².